The van der Waals surface area contributed by atoms with E-state index in [1.807, 2.05) is 0 Å². The quantitative estimate of drug-likeness (QED) is 0.859. The van der Waals surface area contributed by atoms with E-state index in [-0.39, 0.29) is 5.54 Å². The van der Waals surface area contributed by atoms with Crippen LogP contribution in [0.3, 0.4) is 0 Å². The van der Waals surface area contributed by atoms with Crippen LogP contribution in [0.15, 0.2) is 0 Å². The zero-order valence-electron chi connectivity index (χ0n) is 12.7. The lowest BCUT2D eigenvalue weighted by molar-refractivity contribution is -0.132. The average molecular weight is 276 g/mol. The predicted octanol–water partition coefficient (Wildman–Crippen LogP) is 2.90. The van der Waals surface area contributed by atoms with Crippen molar-refractivity contribution in [2.24, 2.45) is 17.8 Å². The second kappa shape index (κ2) is 4.72. The zero-order chi connectivity index (χ0) is 13.7. The van der Waals surface area contributed by atoms with Gasteiger partial charge in [0.05, 0.1) is 11.7 Å². The molecule has 0 bridgehead atoms. The second-order valence-corrected chi connectivity index (χ2v) is 7.96. The summed E-state index contributed by atoms with van der Waals surface area (Å²) in [4.78, 5) is 15.1. The average Bonchev–Trinajstić information content (AvgIpc) is 2.80. The number of nitrogens with one attached hydrogen (secondary N) is 1. The van der Waals surface area contributed by atoms with Crippen LogP contribution in [0.2, 0.25) is 0 Å². The molecule has 112 valence electrons. The summed E-state index contributed by atoms with van der Waals surface area (Å²) in [5.41, 5.74) is -0.114. The van der Waals surface area contributed by atoms with E-state index >= 15 is 0 Å². The van der Waals surface area contributed by atoms with Crippen molar-refractivity contribution < 1.29 is 4.79 Å². The first kappa shape index (κ1) is 13.1. The Hall–Kier alpha value is -0.570. The lowest BCUT2D eigenvalue weighted by Crippen LogP contribution is -2.44. The second-order valence-electron chi connectivity index (χ2n) is 7.96. The minimum absolute atomic E-state index is 0.114. The molecule has 1 saturated heterocycles. The Kier molecular flexibility index (Phi) is 3.10. The molecule has 4 fully saturated rings. The molecule has 4 rings (SSSR count). The van der Waals surface area contributed by atoms with Gasteiger partial charge in [0.2, 0.25) is 5.91 Å². The number of carbonyl (C=O) groups excluding carboxylic acids is 1. The summed E-state index contributed by atoms with van der Waals surface area (Å²) < 4.78 is 0. The Balaban J connectivity index is 1.49. The highest BCUT2D eigenvalue weighted by Crippen LogP contribution is 2.46. The largest absolute Gasteiger partial charge is 0.325 e. The number of amides is 1. The van der Waals surface area contributed by atoms with Crippen molar-refractivity contribution in [1.29, 1.82) is 0 Å². The Morgan fingerprint density at radius 1 is 1.20 bits per heavy atom. The third-order valence-corrected chi connectivity index (χ3v) is 6.28. The highest BCUT2D eigenvalue weighted by molar-refractivity contribution is 5.91. The van der Waals surface area contributed by atoms with Crippen LogP contribution in [-0.2, 0) is 4.79 Å². The SMILES string of the molecule is CC1CCC(CN2C(=O)C3(CC3)NC2C2CCCC2)C1. The molecule has 1 N–H and O–H groups in total. The number of nitrogens with zero attached hydrogens (tertiary/aromatic N) is 1. The van der Waals surface area contributed by atoms with Crippen molar-refractivity contribution in [3.63, 3.8) is 0 Å². The Morgan fingerprint density at radius 2 is 1.95 bits per heavy atom. The molecule has 0 aromatic rings. The number of hydrogen-bond acceptors (Lipinski definition) is 2. The number of carbonyl (C=O) groups is 1. The smallest absolute Gasteiger partial charge is 0.244 e. The molecule has 3 unspecified atom stereocenters. The first-order valence-electron chi connectivity index (χ1n) is 8.77. The van der Waals surface area contributed by atoms with Gasteiger partial charge in [-0.3, -0.25) is 10.1 Å². The molecule has 1 aliphatic heterocycles. The van der Waals surface area contributed by atoms with Gasteiger partial charge in [-0.1, -0.05) is 26.2 Å². The van der Waals surface area contributed by atoms with E-state index < -0.39 is 0 Å². The lowest BCUT2D eigenvalue weighted by Gasteiger charge is -2.31. The molecule has 4 aliphatic rings. The molecule has 3 nitrogen and oxygen atoms in total. The van der Waals surface area contributed by atoms with Crippen molar-refractivity contribution in [2.75, 3.05) is 6.54 Å². The normalized spacial score (nSPS) is 40.1. The van der Waals surface area contributed by atoms with Gasteiger partial charge < -0.3 is 4.90 Å². The van der Waals surface area contributed by atoms with Gasteiger partial charge >= 0.3 is 0 Å². The Labute approximate surface area is 122 Å². The van der Waals surface area contributed by atoms with E-state index in [2.05, 4.69) is 17.1 Å². The molecule has 3 saturated carbocycles. The fraction of sp³-hybridized carbons (Fsp3) is 0.941. The molecule has 3 atom stereocenters. The van der Waals surface area contributed by atoms with Crippen LogP contribution in [0.1, 0.15) is 64.7 Å². The van der Waals surface area contributed by atoms with Crippen molar-refractivity contribution in [2.45, 2.75) is 76.4 Å². The van der Waals surface area contributed by atoms with Crippen molar-refractivity contribution in [3.05, 3.63) is 0 Å². The van der Waals surface area contributed by atoms with Gasteiger partial charge in [0.1, 0.15) is 0 Å². The molecule has 3 aliphatic carbocycles. The molecular formula is C17H28N2O. The summed E-state index contributed by atoms with van der Waals surface area (Å²) in [5, 5.41) is 3.74. The lowest BCUT2D eigenvalue weighted by atomic mass is 10.0. The van der Waals surface area contributed by atoms with E-state index in [0.717, 1.165) is 37.1 Å². The molecule has 0 radical (unpaired) electrons. The van der Waals surface area contributed by atoms with Crippen molar-refractivity contribution in [1.82, 2.24) is 10.2 Å². The van der Waals surface area contributed by atoms with Crippen LogP contribution < -0.4 is 5.32 Å². The van der Waals surface area contributed by atoms with Crippen LogP contribution in [0.4, 0.5) is 0 Å². The first-order chi connectivity index (χ1) is 9.68. The van der Waals surface area contributed by atoms with Crippen molar-refractivity contribution in [3.8, 4) is 0 Å². The Bertz CT molecular complexity index is 398. The monoisotopic (exact) mass is 276 g/mol. The highest BCUT2D eigenvalue weighted by atomic mass is 16.2. The third kappa shape index (κ3) is 2.09. The molecule has 0 aromatic carbocycles. The van der Waals surface area contributed by atoms with Crippen LogP contribution in [-0.4, -0.2) is 29.1 Å². The predicted molar refractivity (Wildman–Crippen MR) is 79.1 cm³/mol. The summed E-state index contributed by atoms with van der Waals surface area (Å²) in [6, 6.07) is 0. The summed E-state index contributed by atoms with van der Waals surface area (Å²) in [6.07, 6.45) is 11.9. The van der Waals surface area contributed by atoms with Crippen LogP contribution in [0, 0.1) is 17.8 Å². The summed E-state index contributed by atoms with van der Waals surface area (Å²) in [5.74, 6) is 2.78. The zero-order valence-corrected chi connectivity index (χ0v) is 12.7. The highest BCUT2D eigenvalue weighted by Gasteiger charge is 2.60. The molecule has 1 spiro atoms. The topological polar surface area (TPSA) is 32.3 Å². The van der Waals surface area contributed by atoms with E-state index in [1.54, 1.807) is 0 Å². The number of hydrogen-bond donors (Lipinski definition) is 1. The van der Waals surface area contributed by atoms with Gasteiger partial charge in [0.15, 0.2) is 0 Å². The maximum atomic E-state index is 12.8. The molecule has 20 heavy (non-hydrogen) atoms. The van der Waals surface area contributed by atoms with E-state index in [4.69, 9.17) is 0 Å². The third-order valence-electron chi connectivity index (χ3n) is 6.28. The Morgan fingerprint density at radius 3 is 2.55 bits per heavy atom. The fourth-order valence-electron chi connectivity index (χ4n) is 4.92. The van der Waals surface area contributed by atoms with Gasteiger partial charge in [-0.2, -0.15) is 0 Å². The molecule has 3 heteroatoms. The summed E-state index contributed by atoms with van der Waals surface area (Å²) >= 11 is 0. The van der Waals surface area contributed by atoms with E-state index in [9.17, 15) is 4.79 Å². The first-order valence-corrected chi connectivity index (χ1v) is 8.77. The van der Waals surface area contributed by atoms with Gasteiger partial charge in [0, 0.05) is 6.54 Å². The maximum Gasteiger partial charge on any atom is 0.244 e. The molecule has 0 aromatic heterocycles. The van der Waals surface area contributed by atoms with E-state index in [1.165, 1.54) is 44.9 Å². The molecular weight excluding hydrogens is 248 g/mol. The minimum Gasteiger partial charge on any atom is -0.325 e. The standard InChI is InChI=1S/C17H28N2O/c1-12-6-7-13(10-12)11-19-15(14-4-2-3-5-14)18-17(8-9-17)16(19)20/h12-15,18H,2-11H2,1H3. The minimum atomic E-state index is -0.114. The molecule has 1 amide bonds. The van der Waals surface area contributed by atoms with Crippen LogP contribution >= 0.6 is 0 Å². The van der Waals surface area contributed by atoms with Crippen LogP contribution in [0.5, 0.6) is 0 Å². The fourth-order valence-corrected chi connectivity index (χ4v) is 4.92. The maximum absolute atomic E-state index is 12.8. The van der Waals surface area contributed by atoms with Crippen LogP contribution in [0.25, 0.3) is 0 Å². The van der Waals surface area contributed by atoms with E-state index in [0.29, 0.717) is 12.1 Å². The van der Waals surface area contributed by atoms with Gasteiger partial charge in [-0.05, 0) is 56.3 Å². The molecule has 1 heterocycles. The van der Waals surface area contributed by atoms with Gasteiger partial charge in [-0.25, -0.2) is 0 Å². The number of rotatable bonds is 3. The van der Waals surface area contributed by atoms with Gasteiger partial charge in [-0.15, -0.1) is 0 Å². The summed E-state index contributed by atoms with van der Waals surface area (Å²) in [7, 11) is 0. The van der Waals surface area contributed by atoms with Crippen molar-refractivity contribution >= 4 is 5.91 Å². The van der Waals surface area contributed by atoms with Gasteiger partial charge in [0.25, 0.3) is 0 Å². The summed E-state index contributed by atoms with van der Waals surface area (Å²) in [6.45, 7) is 3.39.